The summed E-state index contributed by atoms with van der Waals surface area (Å²) in [6, 6.07) is 3.94. The van der Waals surface area contributed by atoms with E-state index in [1.807, 2.05) is 12.1 Å². The molecule has 0 spiro atoms. The quantitative estimate of drug-likeness (QED) is 0.564. The van der Waals surface area contributed by atoms with Crippen LogP contribution in [0.25, 0.3) is 0 Å². The third-order valence-electron chi connectivity index (χ3n) is 1.82. The number of rotatable bonds is 0. The zero-order valence-electron chi connectivity index (χ0n) is 6.22. The van der Waals surface area contributed by atoms with Gasteiger partial charge in [-0.15, -0.1) is 23.2 Å². The van der Waals surface area contributed by atoms with Crippen molar-refractivity contribution in [3.05, 3.63) is 11.1 Å². The maximum atomic E-state index is 8.64. The van der Waals surface area contributed by atoms with Gasteiger partial charge in [0.25, 0.3) is 0 Å². The SMILES string of the molecule is N#CC1=C(C#N)C[C@H](Cl)[C@@H](Cl)C1. The highest BCUT2D eigenvalue weighted by molar-refractivity contribution is 6.30. The molecule has 0 heterocycles. The highest BCUT2D eigenvalue weighted by atomic mass is 35.5. The Morgan fingerprint density at radius 2 is 1.33 bits per heavy atom. The first kappa shape index (κ1) is 9.39. The van der Waals surface area contributed by atoms with Crippen LogP contribution in [0.5, 0.6) is 0 Å². The van der Waals surface area contributed by atoms with Gasteiger partial charge in [0.1, 0.15) is 0 Å². The minimum atomic E-state index is -0.224. The molecule has 62 valence electrons. The van der Waals surface area contributed by atoms with Crippen LogP contribution in [0.4, 0.5) is 0 Å². The van der Waals surface area contributed by atoms with Gasteiger partial charge >= 0.3 is 0 Å². The maximum absolute atomic E-state index is 8.64. The second-order valence-corrected chi connectivity index (χ2v) is 3.74. The van der Waals surface area contributed by atoms with Crippen molar-refractivity contribution in [3.63, 3.8) is 0 Å². The summed E-state index contributed by atoms with van der Waals surface area (Å²) in [5.74, 6) is 0. The highest BCUT2D eigenvalue weighted by Gasteiger charge is 2.27. The normalized spacial score (nSPS) is 29.3. The Hall–Kier alpha value is -0.700. The predicted molar refractivity (Wildman–Crippen MR) is 46.8 cm³/mol. The molecule has 0 saturated carbocycles. The molecule has 0 amide bonds. The lowest BCUT2D eigenvalue weighted by Gasteiger charge is -2.21. The summed E-state index contributed by atoms with van der Waals surface area (Å²) in [7, 11) is 0. The molecule has 0 aromatic rings. The van der Waals surface area contributed by atoms with Gasteiger partial charge in [-0.3, -0.25) is 0 Å². The van der Waals surface area contributed by atoms with Crippen molar-refractivity contribution in [2.24, 2.45) is 0 Å². The van der Waals surface area contributed by atoms with Crippen molar-refractivity contribution in [2.45, 2.75) is 23.6 Å². The fraction of sp³-hybridized carbons (Fsp3) is 0.500. The largest absolute Gasteiger partial charge is 0.193 e. The van der Waals surface area contributed by atoms with E-state index >= 15 is 0 Å². The Bertz CT molecular complexity index is 265. The molecule has 1 rings (SSSR count). The monoisotopic (exact) mass is 200 g/mol. The molecule has 1 aliphatic rings. The zero-order valence-corrected chi connectivity index (χ0v) is 7.73. The van der Waals surface area contributed by atoms with Gasteiger partial charge in [0.2, 0.25) is 0 Å². The lowest BCUT2D eigenvalue weighted by atomic mass is 9.92. The Morgan fingerprint density at radius 1 is 1.00 bits per heavy atom. The van der Waals surface area contributed by atoms with Crippen LogP contribution in [0.15, 0.2) is 11.1 Å². The van der Waals surface area contributed by atoms with Crippen LogP contribution in [0.2, 0.25) is 0 Å². The number of alkyl halides is 2. The molecule has 0 aromatic heterocycles. The van der Waals surface area contributed by atoms with E-state index in [1.54, 1.807) is 0 Å². The van der Waals surface area contributed by atoms with Crippen LogP contribution in [-0.4, -0.2) is 10.8 Å². The number of allylic oxidation sites excluding steroid dienone is 2. The highest BCUT2D eigenvalue weighted by Crippen LogP contribution is 2.31. The van der Waals surface area contributed by atoms with Crippen molar-refractivity contribution in [1.29, 1.82) is 10.5 Å². The van der Waals surface area contributed by atoms with Crippen molar-refractivity contribution >= 4 is 23.2 Å². The van der Waals surface area contributed by atoms with E-state index in [4.69, 9.17) is 33.7 Å². The van der Waals surface area contributed by atoms with Gasteiger partial charge in [-0.25, -0.2) is 0 Å². The summed E-state index contributed by atoms with van der Waals surface area (Å²) in [4.78, 5) is 0. The summed E-state index contributed by atoms with van der Waals surface area (Å²) in [6.07, 6.45) is 0.824. The Balaban J connectivity index is 2.94. The average Bonchev–Trinajstić information content (AvgIpc) is 2.09. The minimum Gasteiger partial charge on any atom is -0.193 e. The minimum absolute atomic E-state index is 0.224. The van der Waals surface area contributed by atoms with E-state index < -0.39 is 0 Å². The lowest BCUT2D eigenvalue weighted by Crippen LogP contribution is -2.21. The second kappa shape index (κ2) is 3.81. The molecular formula is C8H6Cl2N2. The fourth-order valence-corrected chi connectivity index (χ4v) is 1.61. The Kier molecular flexibility index (Phi) is 2.98. The molecule has 0 bridgehead atoms. The number of nitriles is 2. The second-order valence-electron chi connectivity index (χ2n) is 2.62. The number of hydrogen-bond donors (Lipinski definition) is 0. The Morgan fingerprint density at radius 3 is 1.58 bits per heavy atom. The third kappa shape index (κ3) is 1.72. The van der Waals surface area contributed by atoms with Crippen molar-refractivity contribution in [2.75, 3.05) is 0 Å². The molecule has 0 unspecified atom stereocenters. The number of hydrogen-bond acceptors (Lipinski definition) is 2. The molecule has 0 aliphatic heterocycles. The summed E-state index contributed by atoms with van der Waals surface area (Å²) < 4.78 is 0. The van der Waals surface area contributed by atoms with E-state index in [0.29, 0.717) is 24.0 Å². The molecule has 0 N–H and O–H groups in total. The Labute approximate surface area is 81.0 Å². The van der Waals surface area contributed by atoms with Crippen LogP contribution in [-0.2, 0) is 0 Å². The van der Waals surface area contributed by atoms with Gasteiger partial charge in [-0.1, -0.05) is 0 Å². The summed E-state index contributed by atoms with van der Waals surface area (Å²) in [6.45, 7) is 0. The summed E-state index contributed by atoms with van der Waals surface area (Å²) >= 11 is 11.7. The molecule has 0 aromatic carbocycles. The fourth-order valence-electron chi connectivity index (χ4n) is 1.12. The smallest absolute Gasteiger partial charge is 0.0958 e. The van der Waals surface area contributed by atoms with Crippen LogP contribution in [0.1, 0.15) is 12.8 Å². The van der Waals surface area contributed by atoms with E-state index in [1.165, 1.54) is 0 Å². The van der Waals surface area contributed by atoms with E-state index in [2.05, 4.69) is 0 Å². The molecule has 0 saturated heterocycles. The van der Waals surface area contributed by atoms with Crippen molar-refractivity contribution in [3.8, 4) is 12.1 Å². The molecule has 2 atom stereocenters. The van der Waals surface area contributed by atoms with Crippen molar-refractivity contribution in [1.82, 2.24) is 0 Å². The van der Waals surface area contributed by atoms with Gasteiger partial charge in [-0.05, 0) is 0 Å². The van der Waals surface area contributed by atoms with Gasteiger partial charge in [0.15, 0.2) is 0 Å². The number of nitrogens with zero attached hydrogens (tertiary/aromatic N) is 2. The van der Waals surface area contributed by atoms with E-state index in [-0.39, 0.29) is 10.8 Å². The number of halogens is 2. The lowest BCUT2D eigenvalue weighted by molar-refractivity contribution is 0.715. The molecule has 0 fully saturated rings. The van der Waals surface area contributed by atoms with Gasteiger partial charge in [-0.2, -0.15) is 10.5 Å². The van der Waals surface area contributed by atoms with Gasteiger partial charge < -0.3 is 0 Å². The first-order valence-corrected chi connectivity index (χ1v) is 4.36. The van der Waals surface area contributed by atoms with Crippen LogP contribution < -0.4 is 0 Å². The van der Waals surface area contributed by atoms with Crippen LogP contribution in [0, 0.1) is 22.7 Å². The van der Waals surface area contributed by atoms with Gasteiger partial charge in [0.05, 0.1) is 22.9 Å². The average molecular weight is 201 g/mol. The first-order valence-electron chi connectivity index (χ1n) is 3.49. The molecule has 12 heavy (non-hydrogen) atoms. The van der Waals surface area contributed by atoms with Gasteiger partial charge in [0, 0.05) is 24.0 Å². The van der Waals surface area contributed by atoms with Crippen molar-refractivity contribution < 1.29 is 0 Å². The zero-order chi connectivity index (χ0) is 9.14. The molecule has 0 radical (unpaired) electrons. The predicted octanol–water partition coefficient (Wildman–Crippen LogP) is 2.34. The summed E-state index contributed by atoms with van der Waals surface area (Å²) in [5, 5.41) is 16.8. The molecular weight excluding hydrogens is 195 g/mol. The van der Waals surface area contributed by atoms with E-state index in [9.17, 15) is 0 Å². The maximum Gasteiger partial charge on any atom is 0.0958 e. The molecule has 2 nitrogen and oxygen atoms in total. The van der Waals surface area contributed by atoms with Crippen LogP contribution in [0.3, 0.4) is 0 Å². The summed E-state index contributed by atoms with van der Waals surface area (Å²) in [5.41, 5.74) is 0.962. The van der Waals surface area contributed by atoms with E-state index in [0.717, 1.165) is 0 Å². The first-order chi connectivity index (χ1) is 5.69. The topological polar surface area (TPSA) is 47.6 Å². The van der Waals surface area contributed by atoms with Crippen LogP contribution >= 0.6 is 23.2 Å². The molecule has 4 heteroatoms. The molecule has 1 aliphatic carbocycles. The standard InChI is InChI=1S/C8H6Cl2N2/c9-7-1-5(3-11)6(4-12)2-8(7)10/h7-8H,1-2H2/t7-,8-/m0/s1. The third-order valence-corrected chi connectivity index (χ3v) is 2.87.